The third-order valence-electron chi connectivity index (χ3n) is 5.37. The summed E-state index contributed by atoms with van der Waals surface area (Å²) < 4.78 is 7.52. The van der Waals surface area contributed by atoms with Crippen LogP contribution < -0.4 is 0 Å². The summed E-state index contributed by atoms with van der Waals surface area (Å²) in [7, 11) is 0. The fourth-order valence-corrected chi connectivity index (χ4v) is 4.00. The van der Waals surface area contributed by atoms with Crippen LogP contribution in [0.2, 0.25) is 0 Å². The van der Waals surface area contributed by atoms with Crippen LogP contribution in [0.15, 0.2) is 43.0 Å². The molecule has 1 N–H and O–H groups in total. The first-order valence-corrected chi connectivity index (χ1v) is 8.89. The highest BCUT2D eigenvalue weighted by Crippen LogP contribution is 2.32. The highest BCUT2D eigenvalue weighted by atomic mass is 16.5. The molecule has 2 heterocycles. The first kappa shape index (κ1) is 16.3. The van der Waals surface area contributed by atoms with Gasteiger partial charge in [0, 0.05) is 36.1 Å². The molecular formula is C19H23N3O3. The molecular weight excluding hydrogens is 318 g/mol. The lowest BCUT2D eigenvalue weighted by Crippen LogP contribution is -2.53. The quantitative estimate of drug-likeness (QED) is 0.925. The van der Waals surface area contributed by atoms with E-state index in [-0.39, 0.29) is 24.0 Å². The Kier molecular flexibility index (Phi) is 4.55. The van der Waals surface area contributed by atoms with Gasteiger partial charge >= 0.3 is 0 Å². The number of hydrogen-bond acceptors (Lipinski definition) is 4. The normalized spacial score (nSPS) is 26.8. The number of carbonyl (C=O) groups excluding carboxylic acids is 1. The molecule has 0 bridgehead atoms. The average Bonchev–Trinajstić information content (AvgIpc) is 3.33. The Morgan fingerprint density at radius 2 is 2.08 bits per heavy atom. The predicted molar refractivity (Wildman–Crippen MR) is 92.6 cm³/mol. The number of imidazole rings is 1. The molecule has 132 valence electrons. The number of nitrogens with zero attached hydrogens (tertiary/aromatic N) is 3. The number of carbonyl (C=O) groups is 1. The van der Waals surface area contributed by atoms with Gasteiger partial charge in [-0.25, -0.2) is 4.98 Å². The molecule has 0 spiro atoms. The van der Waals surface area contributed by atoms with Crippen LogP contribution in [0.4, 0.5) is 0 Å². The molecule has 3 atom stereocenters. The Labute approximate surface area is 147 Å². The standard InChI is InChI=1S/C19H23N3O3/c23-18-3-1-2-16(18)17-12-25-11-10-22(17)19(24)14-4-6-15(7-5-14)21-9-8-20-13-21/h4-9,13,16-18,23H,1-3,10-12H2. The van der Waals surface area contributed by atoms with Gasteiger partial charge in [0.15, 0.2) is 0 Å². The average molecular weight is 341 g/mol. The first-order valence-electron chi connectivity index (χ1n) is 8.89. The zero-order chi connectivity index (χ0) is 17.2. The van der Waals surface area contributed by atoms with Crippen LogP contribution in [0, 0.1) is 5.92 Å². The van der Waals surface area contributed by atoms with Crippen LogP contribution in [0.5, 0.6) is 0 Å². The minimum Gasteiger partial charge on any atom is -0.393 e. The minimum absolute atomic E-state index is 0.0181. The Morgan fingerprint density at radius 3 is 2.76 bits per heavy atom. The van der Waals surface area contributed by atoms with Gasteiger partial charge in [-0.3, -0.25) is 4.79 Å². The van der Waals surface area contributed by atoms with Crippen LogP contribution in [0.25, 0.3) is 5.69 Å². The smallest absolute Gasteiger partial charge is 0.254 e. The van der Waals surface area contributed by atoms with Crippen LogP contribution in [-0.2, 0) is 4.74 Å². The maximum Gasteiger partial charge on any atom is 0.254 e. The van der Waals surface area contributed by atoms with Gasteiger partial charge in [-0.15, -0.1) is 0 Å². The molecule has 2 fully saturated rings. The summed E-state index contributed by atoms with van der Waals surface area (Å²) in [5.74, 6) is 0.138. The van der Waals surface area contributed by atoms with Gasteiger partial charge < -0.3 is 19.3 Å². The van der Waals surface area contributed by atoms with E-state index in [1.807, 2.05) is 39.9 Å². The summed E-state index contributed by atoms with van der Waals surface area (Å²) in [6, 6.07) is 7.53. The molecule has 6 nitrogen and oxygen atoms in total. The van der Waals surface area contributed by atoms with Crippen molar-refractivity contribution in [1.82, 2.24) is 14.5 Å². The topological polar surface area (TPSA) is 67.6 Å². The van der Waals surface area contributed by atoms with Crippen molar-refractivity contribution in [2.24, 2.45) is 5.92 Å². The van der Waals surface area contributed by atoms with E-state index in [4.69, 9.17) is 4.74 Å². The maximum absolute atomic E-state index is 13.0. The van der Waals surface area contributed by atoms with E-state index in [0.717, 1.165) is 24.9 Å². The van der Waals surface area contributed by atoms with Crippen molar-refractivity contribution in [2.45, 2.75) is 31.4 Å². The summed E-state index contributed by atoms with van der Waals surface area (Å²) >= 11 is 0. The van der Waals surface area contributed by atoms with Gasteiger partial charge in [0.1, 0.15) is 0 Å². The van der Waals surface area contributed by atoms with Crippen molar-refractivity contribution >= 4 is 5.91 Å². The second-order valence-corrected chi connectivity index (χ2v) is 6.82. The number of aliphatic hydroxyl groups is 1. The zero-order valence-corrected chi connectivity index (χ0v) is 14.1. The lowest BCUT2D eigenvalue weighted by Gasteiger charge is -2.40. The number of aromatic nitrogens is 2. The van der Waals surface area contributed by atoms with Gasteiger partial charge in [-0.05, 0) is 37.1 Å². The van der Waals surface area contributed by atoms with Crippen LogP contribution in [0.3, 0.4) is 0 Å². The number of amides is 1. The second kappa shape index (κ2) is 6.98. The molecule has 2 aliphatic rings. The van der Waals surface area contributed by atoms with Crippen molar-refractivity contribution in [2.75, 3.05) is 19.8 Å². The van der Waals surface area contributed by atoms with Crippen molar-refractivity contribution in [3.8, 4) is 5.69 Å². The monoisotopic (exact) mass is 341 g/mol. The molecule has 25 heavy (non-hydrogen) atoms. The first-order chi connectivity index (χ1) is 12.2. The minimum atomic E-state index is -0.328. The Hall–Kier alpha value is -2.18. The number of rotatable bonds is 3. The van der Waals surface area contributed by atoms with Gasteiger partial charge in [0.25, 0.3) is 5.91 Å². The molecule has 1 saturated heterocycles. The number of benzene rings is 1. The lowest BCUT2D eigenvalue weighted by molar-refractivity contribution is -0.0383. The van der Waals surface area contributed by atoms with Crippen molar-refractivity contribution in [3.05, 3.63) is 48.5 Å². The van der Waals surface area contributed by atoms with Gasteiger partial charge in [-0.1, -0.05) is 6.42 Å². The van der Waals surface area contributed by atoms with Crippen LogP contribution >= 0.6 is 0 Å². The summed E-state index contributed by atoms with van der Waals surface area (Å²) in [4.78, 5) is 19.0. The largest absolute Gasteiger partial charge is 0.393 e. The van der Waals surface area contributed by atoms with Gasteiger partial charge in [0.05, 0.1) is 31.7 Å². The molecule has 3 unspecified atom stereocenters. The molecule has 4 rings (SSSR count). The van der Waals surface area contributed by atoms with Gasteiger partial charge in [-0.2, -0.15) is 0 Å². The zero-order valence-electron chi connectivity index (χ0n) is 14.1. The summed E-state index contributed by atoms with van der Waals surface area (Å²) in [5.41, 5.74) is 1.64. The highest BCUT2D eigenvalue weighted by molar-refractivity contribution is 5.94. The van der Waals surface area contributed by atoms with Crippen molar-refractivity contribution in [1.29, 1.82) is 0 Å². The number of aliphatic hydroxyl groups excluding tert-OH is 1. The Balaban J connectivity index is 1.54. The summed E-state index contributed by atoms with van der Waals surface area (Å²) in [6.07, 6.45) is 7.80. The van der Waals surface area contributed by atoms with E-state index in [0.29, 0.717) is 25.3 Å². The van der Waals surface area contributed by atoms with Gasteiger partial charge in [0.2, 0.25) is 0 Å². The van der Waals surface area contributed by atoms with E-state index >= 15 is 0 Å². The SMILES string of the molecule is O=C(c1ccc(-n2ccnc2)cc1)N1CCOCC1C1CCCC1O. The molecule has 2 aromatic rings. The van der Waals surface area contributed by atoms with E-state index in [2.05, 4.69) is 4.98 Å². The number of ether oxygens (including phenoxy) is 1. The molecule has 6 heteroatoms. The molecule has 1 aliphatic heterocycles. The molecule has 0 radical (unpaired) electrons. The third-order valence-corrected chi connectivity index (χ3v) is 5.37. The van der Waals surface area contributed by atoms with Crippen molar-refractivity contribution < 1.29 is 14.6 Å². The van der Waals surface area contributed by atoms with E-state index < -0.39 is 0 Å². The Bertz CT molecular complexity index is 714. The highest BCUT2D eigenvalue weighted by Gasteiger charge is 2.39. The fourth-order valence-electron chi connectivity index (χ4n) is 4.00. The van der Waals surface area contributed by atoms with Crippen molar-refractivity contribution in [3.63, 3.8) is 0 Å². The predicted octanol–water partition coefficient (Wildman–Crippen LogP) is 1.87. The fraction of sp³-hybridized carbons (Fsp3) is 0.474. The van der Waals surface area contributed by atoms with E-state index in [1.165, 1.54) is 0 Å². The summed E-state index contributed by atoms with van der Waals surface area (Å²) in [6.45, 7) is 1.65. The van der Waals surface area contributed by atoms with Crippen LogP contribution in [0.1, 0.15) is 29.6 Å². The van der Waals surface area contributed by atoms with E-state index in [1.54, 1.807) is 12.5 Å². The third kappa shape index (κ3) is 3.19. The number of hydrogen-bond donors (Lipinski definition) is 1. The lowest BCUT2D eigenvalue weighted by atomic mass is 9.93. The second-order valence-electron chi connectivity index (χ2n) is 6.82. The molecule has 1 aliphatic carbocycles. The summed E-state index contributed by atoms with van der Waals surface area (Å²) in [5, 5.41) is 10.3. The molecule has 1 aromatic heterocycles. The molecule has 1 amide bonds. The molecule has 1 aromatic carbocycles. The molecule has 1 saturated carbocycles. The van der Waals surface area contributed by atoms with E-state index in [9.17, 15) is 9.90 Å². The van der Waals surface area contributed by atoms with Crippen LogP contribution in [-0.4, -0.2) is 57.4 Å². The Morgan fingerprint density at radius 1 is 1.24 bits per heavy atom. The maximum atomic E-state index is 13.0. The number of morpholine rings is 1.